The summed E-state index contributed by atoms with van der Waals surface area (Å²) in [6.07, 6.45) is 0. The summed E-state index contributed by atoms with van der Waals surface area (Å²) in [6, 6.07) is 0. The highest BCUT2D eigenvalue weighted by molar-refractivity contribution is 14.1. The molecule has 0 aromatic rings. The quantitative estimate of drug-likeness (QED) is 0.365. The summed E-state index contributed by atoms with van der Waals surface area (Å²) in [5.41, 5.74) is 0. The van der Waals surface area contributed by atoms with E-state index < -0.39 is 31.6 Å². The smallest absolute Gasteiger partial charge is 0.180 e. The molecule has 0 bridgehead atoms. The second-order valence-electron chi connectivity index (χ2n) is 2.57. The van der Waals surface area contributed by atoms with Crippen molar-refractivity contribution in [2.75, 3.05) is 0 Å². The van der Waals surface area contributed by atoms with Crippen LogP contribution in [0.3, 0.4) is 0 Å². The molecule has 0 aliphatic heterocycles. The van der Waals surface area contributed by atoms with Gasteiger partial charge in [-0.15, -0.1) is 11.6 Å². The topological polar surface area (TPSA) is 0 Å². The van der Waals surface area contributed by atoms with Gasteiger partial charge in [0.25, 0.3) is 0 Å². The van der Waals surface area contributed by atoms with Crippen LogP contribution in [0.5, 0.6) is 0 Å². The molecule has 0 saturated heterocycles. The van der Waals surface area contributed by atoms with Gasteiger partial charge in [0.2, 0.25) is 0 Å². The first kappa shape index (κ1) is 8.80. The van der Waals surface area contributed by atoms with Crippen LogP contribution in [-0.2, 0) is 0 Å². The third-order valence-corrected chi connectivity index (χ3v) is 4.76. The number of alkyl halides is 2. The molecule has 66 valence electrons. The van der Waals surface area contributed by atoms with Crippen molar-refractivity contribution in [1.82, 2.24) is 0 Å². The van der Waals surface area contributed by atoms with E-state index in [2.05, 4.69) is 0 Å². The van der Waals surface area contributed by atoms with Crippen molar-refractivity contribution >= 4 is 34.2 Å². The van der Waals surface area contributed by atoms with Crippen molar-refractivity contribution in [3.8, 4) is 0 Å². The predicted octanol–water partition coefficient (Wildman–Crippen LogP) is 3.47. The van der Waals surface area contributed by atoms with Crippen LogP contribution in [0.1, 0.15) is 0 Å². The monoisotopic (exact) mass is 310 g/mol. The largest absolute Gasteiger partial charge is 0.207 e. The normalized spacial score (nSPS) is 45.5. The molecule has 0 nitrogen and oxygen atoms in total. The van der Waals surface area contributed by atoms with E-state index in [0.29, 0.717) is 0 Å². The first-order valence-corrected chi connectivity index (χ1v) is 4.34. The fourth-order valence-electron chi connectivity index (χ4n) is 1.28. The zero-order chi connectivity index (χ0) is 9.31. The van der Waals surface area contributed by atoms with Gasteiger partial charge in [-0.05, 0) is 0 Å². The van der Waals surface area contributed by atoms with Gasteiger partial charge in [-0.3, -0.25) is 0 Å². The fourth-order valence-corrected chi connectivity index (χ4v) is 2.56. The SMILES string of the molecule is FC1=C(F)C2(I)C(F)=C(F)C12Cl. The molecule has 2 aliphatic carbocycles. The lowest BCUT2D eigenvalue weighted by atomic mass is 9.68. The van der Waals surface area contributed by atoms with Crippen molar-refractivity contribution in [3.63, 3.8) is 0 Å². The number of allylic oxidation sites excluding steroid dienone is 4. The molecule has 0 amide bonds. The summed E-state index contributed by atoms with van der Waals surface area (Å²) in [7, 11) is 0. The summed E-state index contributed by atoms with van der Waals surface area (Å²) >= 11 is 6.58. The van der Waals surface area contributed by atoms with Gasteiger partial charge in [-0.25, -0.2) is 17.6 Å². The predicted molar refractivity (Wildman–Crippen MR) is 43.8 cm³/mol. The third kappa shape index (κ3) is 0.511. The zero-order valence-corrected chi connectivity index (χ0v) is 8.18. The molecular formula is C6ClF4I. The Morgan fingerprint density at radius 2 is 1.25 bits per heavy atom. The highest BCUT2D eigenvalue weighted by atomic mass is 127. The molecule has 0 spiro atoms. The van der Waals surface area contributed by atoms with Gasteiger partial charge < -0.3 is 0 Å². The Labute approximate surface area is 83.4 Å². The van der Waals surface area contributed by atoms with Crippen LogP contribution < -0.4 is 0 Å². The molecule has 0 aromatic carbocycles. The summed E-state index contributed by atoms with van der Waals surface area (Å²) in [6.45, 7) is 0. The Balaban J connectivity index is 2.61. The van der Waals surface area contributed by atoms with E-state index in [1.165, 1.54) is 22.6 Å². The van der Waals surface area contributed by atoms with Crippen molar-refractivity contribution in [2.45, 2.75) is 8.30 Å². The van der Waals surface area contributed by atoms with Gasteiger partial charge in [0, 0.05) is 0 Å². The molecule has 2 rings (SSSR count). The van der Waals surface area contributed by atoms with E-state index >= 15 is 0 Å². The lowest BCUT2D eigenvalue weighted by Gasteiger charge is -2.53. The maximum atomic E-state index is 12.6. The Hall–Kier alpha value is 0.220. The van der Waals surface area contributed by atoms with Gasteiger partial charge in [-0.2, -0.15) is 0 Å². The molecule has 0 radical (unpaired) electrons. The van der Waals surface area contributed by atoms with E-state index in [1.807, 2.05) is 0 Å². The van der Waals surface area contributed by atoms with Crippen LogP contribution in [0.25, 0.3) is 0 Å². The molecule has 0 saturated carbocycles. The standard InChI is InChI=1S/C6ClF4I/c7-5-1(8)3(10)6(5,12)4(11)2(5)9. The molecule has 0 heterocycles. The number of rotatable bonds is 0. The average molecular weight is 310 g/mol. The molecular weight excluding hydrogens is 310 g/mol. The fraction of sp³-hybridized carbons (Fsp3) is 0.333. The maximum absolute atomic E-state index is 12.6. The lowest BCUT2D eigenvalue weighted by molar-refractivity contribution is 0.226. The number of halogens is 6. The van der Waals surface area contributed by atoms with E-state index in [-0.39, 0.29) is 0 Å². The summed E-state index contributed by atoms with van der Waals surface area (Å²) < 4.78 is 48.5. The van der Waals surface area contributed by atoms with Crippen LogP contribution in [-0.4, -0.2) is 8.30 Å². The third-order valence-electron chi connectivity index (χ3n) is 2.07. The van der Waals surface area contributed by atoms with Gasteiger partial charge in [0.15, 0.2) is 31.6 Å². The van der Waals surface area contributed by atoms with Crippen molar-refractivity contribution in [3.05, 3.63) is 23.3 Å². The highest BCUT2D eigenvalue weighted by Gasteiger charge is 2.79. The first-order chi connectivity index (χ1) is 5.38. The van der Waals surface area contributed by atoms with Crippen LogP contribution in [0.2, 0.25) is 0 Å². The summed E-state index contributed by atoms with van der Waals surface area (Å²) in [5.74, 6) is -5.48. The minimum atomic E-state index is -2.21. The second-order valence-corrected chi connectivity index (χ2v) is 4.76. The Morgan fingerprint density at radius 3 is 1.50 bits per heavy atom. The Kier molecular flexibility index (Phi) is 1.47. The Bertz CT molecular complexity index is 287. The molecule has 12 heavy (non-hydrogen) atoms. The van der Waals surface area contributed by atoms with Crippen molar-refractivity contribution in [1.29, 1.82) is 0 Å². The number of hydrogen-bond acceptors (Lipinski definition) is 0. The molecule has 6 heteroatoms. The van der Waals surface area contributed by atoms with E-state index in [4.69, 9.17) is 11.6 Å². The van der Waals surface area contributed by atoms with Gasteiger partial charge in [-0.1, -0.05) is 22.6 Å². The molecule has 2 aliphatic rings. The highest BCUT2D eigenvalue weighted by Crippen LogP contribution is 2.73. The minimum absolute atomic E-state index is 1.26. The van der Waals surface area contributed by atoms with E-state index in [0.717, 1.165) is 0 Å². The van der Waals surface area contributed by atoms with Gasteiger partial charge in [0.1, 0.15) is 0 Å². The summed E-state index contributed by atoms with van der Waals surface area (Å²) in [4.78, 5) is -2.21. The summed E-state index contributed by atoms with van der Waals surface area (Å²) in [5, 5.41) is 0. The second kappa shape index (κ2) is 2.00. The average Bonchev–Trinajstić information content (AvgIpc) is 2.10. The minimum Gasteiger partial charge on any atom is -0.207 e. The lowest BCUT2D eigenvalue weighted by Crippen LogP contribution is -2.63. The van der Waals surface area contributed by atoms with E-state index in [1.54, 1.807) is 0 Å². The molecule has 0 unspecified atom stereocenters. The van der Waals surface area contributed by atoms with Gasteiger partial charge >= 0.3 is 0 Å². The number of fused-ring (bicyclic) bond motifs is 1. The molecule has 0 aromatic heterocycles. The van der Waals surface area contributed by atoms with Crippen molar-refractivity contribution in [2.24, 2.45) is 0 Å². The van der Waals surface area contributed by atoms with Crippen molar-refractivity contribution < 1.29 is 17.6 Å². The van der Waals surface area contributed by atoms with Gasteiger partial charge in [0.05, 0.1) is 0 Å². The maximum Gasteiger partial charge on any atom is 0.180 e. The molecule has 0 N–H and O–H groups in total. The van der Waals surface area contributed by atoms with Crippen LogP contribution in [0.4, 0.5) is 17.6 Å². The van der Waals surface area contributed by atoms with Crippen LogP contribution in [0, 0.1) is 0 Å². The zero-order valence-electron chi connectivity index (χ0n) is 5.27. The Morgan fingerprint density at radius 1 is 0.917 bits per heavy atom. The van der Waals surface area contributed by atoms with Crippen LogP contribution in [0.15, 0.2) is 23.3 Å². The van der Waals surface area contributed by atoms with E-state index in [9.17, 15) is 17.6 Å². The number of hydrogen-bond donors (Lipinski definition) is 0. The van der Waals surface area contributed by atoms with Crippen LogP contribution >= 0.6 is 34.2 Å². The molecule has 0 fully saturated rings. The first-order valence-electron chi connectivity index (χ1n) is 2.88. The molecule has 0 atom stereocenters.